The van der Waals surface area contributed by atoms with Crippen molar-refractivity contribution in [2.75, 3.05) is 0 Å². The lowest BCUT2D eigenvalue weighted by atomic mass is 10.2. The van der Waals surface area contributed by atoms with E-state index in [0.717, 1.165) is 12.8 Å². The first-order chi connectivity index (χ1) is 8.34. The van der Waals surface area contributed by atoms with Crippen LogP contribution in [0.2, 0.25) is 0 Å². The van der Waals surface area contributed by atoms with Gasteiger partial charge in [0.25, 0.3) is 0 Å². The van der Waals surface area contributed by atoms with Gasteiger partial charge >= 0.3 is 0 Å². The van der Waals surface area contributed by atoms with Gasteiger partial charge in [0.05, 0.1) is 0 Å². The van der Waals surface area contributed by atoms with E-state index in [1.165, 1.54) is 15.3 Å². The van der Waals surface area contributed by atoms with Crippen molar-refractivity contribution in [1.82, 2.24) is 0 Å². The smallest absolute Gasteiger partial charge is 0.211 e. The second-order valence-corrected chi connectivity index (χ2v) is 5.35. The predicted octanol–water partition coefficient (Wildman–Crippen LogP) is 3.74. The predicted molar refractivity (Wildman–Crippen MR) is 68.8 cm³/mol. The molecular weight excluding hydrogens is 230 g/mol. The average molecular weight is 241 g/mol. The van der Waals surface area contributed by atoms with Crippen LogP contribution in [-0.4, -0.2) is 6.08 Å². The Labute approximate surface area is 104 Å². The van der Waals surface area contributed by atoms with Crippen molar-refractivity contribution in [1.29, 1.82) is 0 Å². The van der Waals surface area contributed by atoms with Crippen LogP contribution in [0.25, 0.3) is 10.4 Å². The van der Waals surface area contributed by atoms with Crippen LogP contribution < -0.4 is 0 Å². The Morgan fingerprint density at radius 1 is 1.12 bits per heavy atom. The van der Waals surface area contributed by atoms with Crippen LogP contribution in [0.5, 0.6) is 0 Å². The molecule has 84 valence electrons. The van der Waals surface area contributed by atoms with Gasteiger partial charge in [0.15, 0.2) is 0 Å². The monoisotopic (exact) mass is 241 g/mol. The molecule has 0 aliphatic heterocycles. The summed E-state index contributed by atoms with van der Waals surface area (Å²) in [7, 11) is 0. The van der Waals surface area contributed by atoms with Crippen molar-refractivity contribution >= 4 is 17.4 Å². The van der Waals surface area contributed by atoms with E-state index in [1.54, 1.807) is 17.4 Å². The number of thiophene rings is 1. The Bertz CT molecular complexity index is 577. The van der Waals surface area contributed by atoms with Gasteiger partial charge in [-0.15, -0.1) is 11.3 Å². The third kappa shape index (κ3) is 1.84. The quantitative estimate of drug-likeness (QED) is 0.594. The van der Waals surface area contributed by atoms with E-state index in [0.29, 0.717) is 0 Å². The maximum absolute atomic E-state index is 10.4. The summed E-state index contributed by atoms with van der Waals surface area (Å²) in [5, 5.41) is 0. The van der Waals surface area contributed by atoms with Crippen molar-refractivity contribution in [3.8, 4) is 10.4 Å². The normalized spacial score (nSPS) is 16.2. The summed E-state index contributed by atoms with van der Waals surface area (Å²) in [5.41, 5.74) is 0.981. The number of rotatable bonds is 3. The second kappa shape index (κ2) is 3.95. The topological polar surface area (TPSA) is 29.4 Å². The van der Waals surface area contributed by atoms with Crippen molar-refractivity contribution in [2.24, 2.45) is 4.99 Å². The Balaban J connectivity index is 1.97. The van der Waals surface area contributed by atoms with Gasteiger partial charge in [0, 0.05) is 9.75 Å². The molecule has 1 heterocycles. The first-order valence-corrected chi connectivity index (χ1v) is 6.40. The summed E-state index contributed by atoms with van der Waals surface area (Å²) >= 11 is 1.72. The SMILES string of the molecule is O=C=NC1(c2ccc(-c3ccccc3)s2)CC1. The molecule has 17 heavy (non-hydrogen) atoms. The largest absolute Gasteiger partial charge is 0.235 e. The van der Waals surface area contributed by atoms with Crippen molar-refractivity contribution < 1.29 is 4.79 Å². The molecule has 3 heteroatoms. The van der Waals surface area contributed by atoms with Gasteiger partial charge in [-0.25, -0.2) is 4.79 Å². The minimum absolute atomic E-state index is 0.237. The molecule has 0 atom stereocenters. The van der Waals surface area contributed by atoms with Gasteiger partial charge in [-0.2, -0.15) is 4.99 Å². The number of benzene rings is 1. The van der Waals surface area contributed by atoms with E-state index in [4.69, 9.17) is 0 Å². The van der Waals surface area contributed by atoms with Gasteiger partial charge < -0.3 is 0 Å². The number of isocyanates is 1. The molecule has 2 aromatic rings. The van der Waals surface area contributed by atoms with E-state index in [1.807, 2.05) is 18.2 Å². The van der Waals surface area contributed by atoms with Crippen LogP contribution in [-0.2, 0) is 10.3 Å². The zero-order chi connectivity index (χ0) is 11.7. The van der Waals surface area contributed by atoms with E-state index < -0.39 is 0 Å². The summed E-state index contributed by atoms with van der Waals surface area (Å²) in [5.74, 6) is 0. The Hall–Kier alpha value is -1.70. The summed E-state index contributed by atoms with van der Waals surface area (Å²) in [6, 6.07) is 14.5. The first kappa shape index (κ1) is 10.5. The van der Waals surface area contributed by atoms with Gasteiger partial charge in [-0.1, -0.05) is 30.3 Å². The molecule has 0 unspecified atom stereocenters. The zero-order valence-electron chi connectivity index (χ0n) is 9.22. The zero-order valence-corrected chi connectivity index (χ0v) is 10.0. The number of hydrogen-bond acceptors (Lipinski definition) is 3. The number of hydrogen-bond donors (Lipinski definition) is 0. The lowest BCUT2D eigenvalue weighted by Gasteiger charge is -2.02. The highest BCUT2D eigenvalue weighted by Crippen LogP contribution is 2.52. The second-order valence-electron chi connectivity index (χ2n) is 4.26. The van der Waals surface area contributed by atoms with Crippen LogP contribution in [0.4, 0.5) is 0 Å². The number of carbonyl (C=O) groups excluding carboxylic acids is 1. The molecule has 1 aromatic carbocycles. The van der Waals surface area contributed by atoms with Crippen LogP contribution in [0.1, 0.15) is 17.7 Å². The fourth-order valence-corrected chi connectivity index (χ4v) is 3.17. The highest BCUT2D eigenvalue weighted by Gasteiger charge is 2.46. The standard InChI is InChI=1S/C14H11NOS/c16-10-15-14(8-9-14)13-7-6-12(17-13)11-4-2-1-3-5-11/h1-7H,8-9H2. The fraction of sp³-hybridized carbons (Fsp3) is 0.214. The van der Waals surface area contributed by atoms with E-state index in [2.05, 4.69) is 29.3 Å². The summed E-state index contributed by atoms with van der Waals surface area (Å²) in [4.78, 5) is 16.8. The number of aliphatic imine (C=N–C) groups is 1. The molecule has 0 N–H and O–H groups in total. The van der Waals surface area contributed by atoms with E-state index in [-0.39, 0.29) is 5.54 Å². The maximum Gasteiger partial charge on any atom is 0.235 e. The number of nitrogens with zero attached hydrogens (tertiary/aromatic N) is 1. The van der Waals surface area contributed by atoms with Gasteiger partial charge in [-0.3, -0.25) is 0 Å². The lowest BCUT2D eigenvalue weighted by Crippen LogP contribution is -1.97. The Kier molecular flexibility index (Phi) is 2.43. The van der Waals surface area contributed by atoms with Gasteiger partial charge in [0.2, 0.25) is 6.08 Å². The molecule has 0 amide bonds. The molecule has 0 radical (unpaired) electrons. The molecular formula is C14H11NOS. The van der Waals surface area contributed by atoms with E-state index >= 15 is 0 Å². The molecule has 0 spiro atoms. The summed E-state index contributed by atoms with van der Waals surface area (Å²) < 4.78 is 0. The van der Waals surface area contributed by atoms with Crippen LogP contribution in [0, 0.1) is 0 Å². The maximum atomic E-state index is 10.4. The minimum Gasteiger partial charge on any atom is -0.211 e. The average Bonchev–Trinajstić information content (AvgIpc) is 2.98. The molecule has 2 nitrogen and oxygen atoms in total. The van der Waals surface area contributed by atoms with E-state index in [9.17, 15) is 4.79 Å². The molecule has 1 aromatic heterocycles. The molecule has 1 saturated carbocycles. The summed E-state index contributed by atoms with van der Waals surface area (Å²) in [6.07, 6.45) is 3.64. The molecule has 0 bridgehead atoms. The Morgan fingerprint density at radius 3 is 2.53 bits per heavy atom. The van der Waals surface area contributed by atoms with Gasteiger partial charge in [-0.05, 0) is 30.5 Å². The molecule has 3 rings (SSSR count). The lowest BCUT2D eigenvalue weighted by molar-refractivity contribution is 0.557. The first-order valence-electron chi connectivity index (χ1n) is 5.59. The highest BCUT2D eigenvalue weighted by molar-refractivity contribution is 7.15. The highest BCUT2D eigenvalue weighted by atomic mass is 32.1. The van der Waals surface area contributed by atoms with Crippen LogP contribution in [0.3, 0.4) is 0 Å². The van der Waals surface area contributed by atoms with Crippen LogP contribution in [0.15, 0.2) is 47.5 Å². The third-order valence-corrected chi connectivity index (χ3v) is 4.43. The minimum atomic E-state index is -0.237. The Morgan fingerprint density at radius 2 is 1.88 bits per heavy atom. The van der Waals surface area contributed by atoms with Crippen molar-refractivity contribution in [3.05, 3.63) is 47.3 Å². The van der Waals surface area contributed by atoms with Crippen molar-refractivity contribution in [2.45, 2.75) is 18.4 Å². The van der Waals surface area contributed by atoms with Crippen LogP contribution >= 0.6 is 11.3 Å². The molecule has 1 fully saturated rings. The van der Waals surface area contributed by atoms with Gasteiger partial charge in [0.1, 0.15) is 5.54 Å². The van der Waals surface area contributed by atoms with Crippen molar-refractivity contribution in [3.63, 3.8) is 0 Å². The third-order valence-electron chi connectivity index (χ3n) is 3.11. The molecule has 0 saturated heterocycles. The molecule has 1 aliphatic carbocycles. The molecule has 1 aliphatic rings. The fourth-order valence-electron chi connectivity index (χ4n) is 1.96. The summed E-state index contributed by atoms with van der Waals surface area (Å²) in [6.45, 7) is 0.